The lowest BCUT2D eigenvalue weighted by molar-refractivity contribution is -0.152. The number of methoxy groups -OCH3 is 1. The lowest BCUT2D eigenvalue weighted by Gasteiger charge is -2.53. The minimum Gasteiger partial charge on any atom is -0.494 e. The topological polar surface area (TPSA) is 78.5 Å². The number of H-pyrrole nitrogens is 1. The van der Waals surface area contributed by atoms with Crippen LogP contribution in [0.15, 0.2) is 12.4 Å². The molecule has 4 rings (SSSR count). The molecule has 2 bridgehead atoms. The molecule has 7 heteroatoms. The van der Waals surface area contributed by atoms with E-state index in [4.69, 9.17) is 16.3 Å². The lowest BCUT2D eigenvalue weighted by Crippen LogP contribution is -2.60. The predicted molar refractivity (Wildman–Crippen MR) is 118 cm³/mol. The summed E-state index contributed by atoms with van der Waals surface area (Å²) in [5.41, 5.74) is 0.530. The van der Waals surface area contributed by atoms with Gasteiger partial charge in [-0.15, -0.1) is 0 Å². The Morgan fingerprint density at radius 3 is 2.63 bits per heavy atom. The van der Waals surface area contributed by atoms with Crippen molar-refractivity contribution in [1.29, 1.82) is 0 Å². The molecule has 0 spiro atoms. The summed E-state index contributed by atoms with van der Waals surface area (Å²) in [5, 5.41) is 12.0. The number of carbonyl (C=O) groups is 1. The summed E-state index contributed by atoms with van der Waals surface area (Å²) in [4.78, 5) is 23.2. The average Bonchev–Trinajstić information content (AvgIpc) is 3.05. The molecule has 6 nitrogen and oxygen atoms in total. The largest absolute Gasteiger partial charge is 0.494 e. The van der Waals surface area contributed by atoms with Crippen LogP contribution in [0.25, 0.3) is 11.0 Å². The summed E-state index contributed by atoms with van der Waals surface area (Å²) in [6.07, 6.45) is 7.10. The van der Waals surface area contributed by atoms with Crippen LogP contribution in [0.5, 0.6) is 5.75 Å². The summed E-state index contributed by atoms with van der Waals surface area (Å²) in [6, 6.07) is 0.221. The van der Waals surface area contributed by atoms with Gasteiger partial charge in [0.1, 0.15) is 5.65 Å². The molecule has 0 radical (unpaired) electrons. The maximum absolute atomic E-state index is 13.5. The molecule has 30 heavy (non-hydrogen) atoms. The van der Waals surface area contributed by atoms with Gasteiger partial charge in [-0.05, 0) is 44.1 Å². The molecule has 2 aromatic heterocycles. The second kappa shape index (κ2) is 7.41. The molecule has 0 aromatic carbocycles. The van der Waals surface area contributed by atoms with Crippen LogP contribution in [-0.2, 0) is 10.2 Å². The number of hydrogen-bond acceptors (Lipinski definition) is 4. The van der Waals surface area contributed by atoms with Gasteiger partial charge in [0.25, 0.3) is 0 Å². The number of fused-ring (bicyclic) bond motifs is 3. The van der Waals surface area contributed by atoms with Gasteiger partial charge in [0.15, 0.2) is 5.75 Å². The summed E-state index contributed by atoms with van der Waals surface area (Å²) in [7, 11) is 1.57. The van der Waals surface area contributed by atoms with Crippen molar-refractivity contribution in [2.45, 2.75) is 82.9 Å². The Morgan fingerprint density at radius 2 is 2.03 bits per heavy atom. The van der Waals surface area contributed by atoms with Gasteiger partial charge < -0.3 is 19.7 Å². The second-order valence-electron chi connectivity index (χ2n) is 10.2. The first-order chi connectivity index (χ1) is 14.0. The zero-order valence-corrected chi connectivity index (χ0v) is 19.2. The number of nitrogens with one attached hydrogen (secondary N) is 1. The molecule has 2 aliphatic heterocycles. The summed E-state index contributed by atoms with van der Waals surface area (Å²) >= 11 is 6.60. The van der Waals surface area contributed by atoms with E-state index < -0.39 is 11.0 Å². The molecule has 2 aromatic rings. The first kappa shape index (κ1) is 21.4. The highest BCUT2D eigenvalue weighted by Gasteiger charge is 2.47. The fraction of sp³-hybridized carbons (Fsp3) is 0.652. The van der Waals surface area contributed by atoms with Crippen LogP contribution >= 0.6 is 11.6 Å². The van der Waals surface area contributed by atoms with E-state index >= 15 is 0 Å². The molecule has 4 heterocycles. The second-order valence-corrected chi connectivity index (χ2v) is 10.6. The van der Waals surface area contributed by atoms with Crippen LogP contribution in [0.1, 0.15) is 65.4 Å². The number of halogens is 1. The molecule has 2 saturated heterocycles. The van der Waals surface area contributed by atoms with E-state index in [9.17, 15) is 9.90 Å². The zero-order chi connectivity index (χ0) is 21.8. The van der Waals surface area contributed by atoms with E-state index in [2.05, 4.69) is 35.6 Å². The van der Waals surface area contributed by atoms with E-state index in [1.54, 1.807) is 13.3 Å². The highest BCUT2D eigenvalue weighted by atomic mass is 35.5. The molecule has 0 aliphatic carbocycles. The van der Waals surface area contributed by atoms with Gasteiger partial charge >= 0.3 is 0 Å². The molecule has 2 unspecified atom stereocenters. The molecular formula is C23H32ClN3O3. The Kier molecular flexibility index (Phi) is 5.30. The van der Waals surface area contributed by atoms with E-state index in [1.807, 2.05) is 13.1 Å². The van der Waals surface area contributed by atoms with E-state index in [0.29, 0.717) is 41.6 Å². The van der Waals surface area contributed by atoms with Gasteiger partial charge in [0.2, 0.25) is 5.91 Å². The smallest absolute Gasteiger partial charge is 0.223 e. The van der Waals surface area contributed by atoms with Crippen LogP contribution < -0.4 is 4.74 Å². The van der Waals surface area contributed by atoms with Crippen molar-refractivity contribution in [3.8, 4) is 5.75 Å². The van der Waals surface area contributed by atoms with Crippen molar-refractivity contribution in [1.82, 2.24) is 14.9 Å². The molecule has 2 fully saturated rings. The summed E-state index contributed by atoms with van der Waals surface area (Å²) in [6.45, 7) is 8.30. The third-order valence-corrected chi connectivity index (χ3v) is 7.30. The standard InChI is InChI=1S/C23H32ClN3O3/c1-13-6-14-8-23(4,29)9-15(7-13)27(14)18(28)10-22(2,3)16-11-25-21-19(16)20(24)17(30-5)12-26-21/h11-15,29H,6-10H2,1-5H3,(H,25,26). The molecule has 164 valence electrons. The molecule has 2 N–H and O–H groups in total. The predicted octanol–water partition coefficient (Wildman–Crippen LogP) is 4.43. The Morgan fingerprint density at radius 1 is 1.40 bits per heavy atom. The van der Waals surface area contributed by atoms with E-state index in [0.717, 1.165) is 23.8 Å². The number of piperidine rings is 2. The van der Waals surface area contributed by atoms with Gasteiger partial charge in [0.05, 0.1) is 23.9 Å². The van der Waals surface area contributed by atoms with Crippen LogP contribution in [-0.4, -0.2) is 50.7 Å². The fourth-order valence-electron chi connectivity index (χ4n) is 5.70. The zero-order valence-electron chi connectivity index (χ0n) is 18.5. The number of nitrogens with zero attached hydrogens (tertiary/aromatic N) is 2. The number of carbonyl (C=O) groups excluding carboxylic acids is 1. The third kappa shape index (κ3) is 3.69. The number of rotatable bonds is 4. The monoisotopic (exact) mass is 433 g/mol. The van der Waals surface area contributed by atoms with Gasteiger partial charge in [-0.2, -0.15) is 0 Å². The number of aromatic amines is 1. The quantitative estimate of drug-likeness (QED) is 0.747. The maximum Gasteiger partial charge on any atom is 0.223 e. The van der Waals surface area contributed by atoms with Gasteiger partial charge in [-0.1, -0.05) is 32.4 Å². The molecule has 1 amide bonds. The van der Waals surface area contributed by atoms with Crippen molar-refractivity contribution in [3.63, 3.8) is 0 Å². The maximum atomic E-state index is 13.5. The van der Waals surface area contributed by atoms with Crippen molar-refractivity contribution in [2.24, 2.45) is 5.92 Å². The van der Waals surface area contributed by atoms with Crippen LogP contribution in [0.3, 0.4) is 0 Å². The van der Waals surface area contributed by atoms with Crippen molar-refractivity contribution in [2.75, 3.05) is 7.11 Å². The average molecular weight is 434 g/mol. The number of aromatic nitrogens is 2. The number of hydrogen-bond donors (Lipinski definition) is 2. The third-order valence-electron chi connectivity index (χ3n) is 6.92. The highest BCUT2D eigenvalue weighted by Crippen LogP contribution is 2.44. The summed E-state index contributed by atoms with van der Waals surface area (Å²) in [5.74, 6) is 1.26. The van der Waals surface area contributed by atoms with Crippen molar-refractivity contribution < 1.29 is 14.6 Å². The lowest BCUT2D eigenvalue weighted by atomic mass is 9.72. The molecule has 0 saturated carbocycles. The number of pyridine rings is 1. The number of ether oxygens (including phenoxy) is 1. The Hall–Kier alpha value is -1.79. The minimum atomic E-state index is -0.686. The highest BCUT2D eigenvalue weighted by molar-refractivity contribution is 6.37. The Balaban J connectivity index is 1.62. The van der Waals surface area contributed by atoms with E-state index in [1.165, 1.54) is 0 Å². The van der Waals surface area contributed by atoms with Crippen LogP contribution in [0.2, 0.25) is 5.02 Å². The minimum absolute atomic E-state index is 0.110. The first-order valence-electron chi connectivity index (χ1n) is 10.8. The SMILES string of the molecule is COc1cnc2[nH]cc(C(C)(C)CC(=O)N3C4CC(C)CC3CC(C)(O)C4)c2c1Cl. The van der Waals surface area contributed by atoms with Crippen molar-refractivity contribution in [3.05, 3.63) is 23.0 Å². The molecule has 2 aliphatic rings. The number of aliphatic hydroxyl groups is 1. The van der Waals surface area contributed by atoms with Gasteiger partial charge in [0, 0.05) is 35.5 Å². The Bertz CT molecular complexity index is 950. The van der Waals surface area contributed by atoms with Crippen molar-refractivity contribution >= 4 is 28.5 Å². The fourth-order valence-corrected chi connectivity index (χ4v) is 6.02. The normalized spacial score (nSPS) is 29.3. The molecular weight excluding hydrogens is 402 g/mol. The number of amides is 1. The van der Waals surface area contributed by atoms with Gasteiger partial charge in [-0.3, -0.25) is 4.79 Å². The Labute approximate surface area is 183 Å². The van der Waals surface area contributed by atoms with E-state index in [-0.39, 0.29) is 18.0 Å². The first-order valence-corrected chi connectivity index (χ1v) is 11.1. The molecule has 2 atom stereocenters. The van der Waals surface area contributed by atoms with Crippen LogP contribution in [0.4, 0.5) is 0 Å². The van der Waals surface area contributed by atoms with Gasteiger partial charge in [-0.25, -0.2) is 4.98 Å². The summed E-state index contributed by atoms with van der Waals surface area (Å²) < 4.78 is 5.34. The van der Waals surface area contributed by atoms with Crippen LogP contribution in [0, 0.1) is 5.92 Å².